The van der Waals surface area contributed by atoms with Gasteiger partial charge in [0.15, 0.2) is 5.58 Å². The number of rotatable bonds is 3. The van der Waals surface area contributed by atoms with Gasteiger partial charge in [-0.15, -0.1) is 0 Å². The maximum Gasteiger partial charge on any atom is 0.417 e. The van der Waals surface area contributed by atoms with Crippen LogP contribution in [0.3, 0.4) is 0 Å². The lowest BCUT2D eigenvalue weighted by atomic mass is 10.3. The van der Waals surface area contributed by atoms with E-state index in [0.29, 0.717) is 5.52 Å². The van der Waals surface area contributed by atoms with Crippen LogP contribution in [0.5, 0.6) is 0 Å². The van der Waals surface area contributed by atoms with Gasteiger partial charge in [-0.05, 0) is 46.6 Å². The molecule has 2 N–H and O–H groups in total. The molecular weight excluding hydrogens is 374 g/mol. The first-order chi connectivity index (χ1) is 10.3. The number of benzene rings is 1. The molecule has 0 atom stereocenters. The van der Waals surface area contributed by atoms with E-state index in [0.717, 1.165) is 10.0 Å². The van der Waals surface area contributed by atoms with Gasteiger partial charge in [-0.1, -0.05) is 0 Å². The van der Waals surface area contributed by atoms with Crippen molar-refractivity contribution in [3.8, 4) is 0 Å². The fourth-order valence-corrected chi connectivity index (χ4v) is 3.12. The van der Waals surface area contributed by atoms with E-state index in [2.05, 4.69) is 30.6 Å². The Hall–Kier alpha value is -2.13. The number of aryl methyl sites for hydroxylation is 1. The molecule has 0 amide bonds. The van der Waals surface area contributed by atoms with Gasteiger partial charge >= 0.3 is 5.76 Å². The minimum atomic E-state index is -3.83. The largest absolute Gasteiger partial charge is 0.417 e. The van der Waals surface area contributed by atoms with Crippen molar-refractivity contribution in [3.63, 3.8) is 0 Å². The molecule has 22 heavy (non-hydrogen) atoms. The van der Waals surface area contributed by atoms with Crippen molar-refractivity contribution in [2.24, 2.45) is 0 Å². The molecule has 0 saturated carbocycles. The monoisotopic (exact) mass is 383 g/mol. The van der Waals surface area contributed by atoms with Crippen molar-refractivity contribution in [2.45, 2.75) is 11.8 Å². The Morgan fingerprint density at radius 1 is 1.32 bits per heavy atom. The highest BCUT2D eigenvalue weighted by molar-refractivity contribution is 9.10. The lowest BCUT2D eigenvalue weighted by Crippen LogP contribution is -2.14. The summed E-state index contributed by atoms with van der Waals surface area (Å²) in [6.07, 6.45) is 1.52. The lowest BCUT2D eigenvalue weighted by molar-refractivity contribution is 0.554. The van der Waals surface area contributed by atoms with Gasteiger partial charge in [-0.2, -0.15) is 0 Å². The number of nitrogens with zero attached hydrogens (tertiary/aromatic N) is 1. The highest BCUT2D eigenvalue weighted by Gasteiger charge is 2.17. The molecule has 1 aromatic carbocycles. The number of hydrogen-bond acceptors (Lipinski definition) is 5. The van der Waals surface area contributed by atoms with E-state index in [-0.39, 0.29) is 16.3 Å². The van der Waals surface area contributed by atoms with E-state index in [1.165, 1.54) is 24.4 Å². The second-order valence-corrected chi connectivity index (χ2v) is 7.13. The Labute approximate surface area is 133 Å². The van der Waals surface area contributed by atoms with Crippen molar-refractivity contribution in [1.82, 2.24) is 9.97 Å². The van der Waals surface area contributed by atoms with Gasteiger partial charge in [0.05, 0.1) is 10.4 Å². The average Bonchev–Trinajstić information content (AvgIpc) is 2.81. The molecule has 0 radical (unpaired) electrons. The summed E-state index contributed by atoms with van der Waals surface area (Å²) in [5, 5.41) is 0. The standard InChI is InChI=1S/C13H10BrN3O4S/c1-7-4-12(15-6-9(7)14)17-22(19,20)8-2-3-10-11(5-8)21-13(18)16-10/h2-6H,1H3,(H,15,17)(H,16,18). The number of aromatic amines is 1. The molecule has 0 spiro atoms. The van der Waals surface area contributed by atoms with Gasteiger partial charge in [0.1, 0.15) is 5.82 Å². The van der Waals surface area contributed by atoms with Crippen LogP contribution in [0.4, 0.5) is 5.82 Å². The van der Waals surface area contributed by atoms with Crippen LogP contribution >= 0.6 is 15.9 Å². The summed E-state index contributed by atoms with van der Waals surface area (Å²) < 4.78 is 32.7. The summed E-state index contributed by atoms with van der Waals surface area (Å²) in [6, 6.07) is 5.73. The van der Waals surface area contributed by atoms with Crippen LogP contribution < -0.4 is 10.5 Å². The van der Waals surface area contributed by atoms with E-state index >= 15 is 0 Å². The van der Waals surface area contributed by atoms with Gasteiger partial charge in [0.25, 0.3) is 10.0 Å². The first kappa shape index (κ1) is 14.8. The topological polar surface area (TPSA) is 105 Å². The van der Waals surface area contributed by atoms with Crippen molar-refractivity contribution < 1.29 is 12.8 Å². The van der Waals surface area contributed by atoms with Gasteiger partial charge in [-0.25, -0.2) is 18.2 Å². The summed E-state index contributed by atoms with van der Waals surface area (Å²) in [7, 11) is -3.83. The Kier molecular flexibility index (Phi) is 3.53. The maximum absolute atomic E-state index is 12.4. The van der Waals surface area contributed by atoms with Gasteiger partial charge in [0.2, 0.25) is 0 Å². The molecule has 3 rings (SSSR count). The number of pyridine rings is 1. The molecule has 9 heteroatoms. The number of anilines is 1. The Bertz CT molecular complexity index is 1020. The number of hydrogen-bond donors (Lipinski definition) is 2. The van der Waals surface area contributed by atoms with Crippen molar-refractivity contribution in [3.05, 3.63) is 51.0 Å². The van der Waals surface area contributed by atoms with Crippen LogP contribution in [0.25, 0.3) is 11.1 Å². The summed E-state index contributed by atoms with van der Waals surface area (Å²) >= 11 is 3.30. The zero-order valence-electron chi connectivity index (χ0n) is 11.3. The Morgan fingerprint density at radius 2 is 2.09 bits per heavy atom. The molecule has 3 aromatic rings. The maximum atomic E-state index is 12.4. The number of oxazole rings is 1. The van der Waals surface area contributed by atoms with Crippen LogP contribution in [0, 0.1) is 6.92 Å². The van der Waals surface area contributed by atoms with E-state index < -0.39 is 15.8 Å². The molecule has 0 fully saturated rings. The second kappa shape index (κ2) is 5.25. The Morgan fingerprint density at radius 3 is 2.82 bits per heavy atom. The molecular formula is C13H10BrN3O4S. The van der Waals surface area contributed by atoms with E-state index in [9.17, 15) is 13.2 Å². The third-order valence-corrected chi connectivity index (χ3v) is 5.17. The fraction of sp³-hybridized carbons (Fsp3) is 0.0769. The number of aromatic nitrogens is 2. The summed E-state index contributed by atoms with van der Waals surface area (Å²) in [4.78, 5) is 17.5. The number of sulfonamides is 1. The van der Waals surface area contributed by atoms with Crippen LogP contribution in [0.1, 0.15) is 5.56 Å². The molecule has 0 bridgehead atoms. The van der Waals surface area contributed by atoms with Gasteiger partial charge in [0, 0.05) is 16.7 Å². The molecule has 2 aromatic heterocycles. The van der Waals surface area contributed by atoms with Gasteiger partial charge in [-0.3, -0.25) is 9.71 Å². The minimum absolute atomic E-state index is 0.0230. The normalized spacial score (nSPS) is 11.7. The second-order valence-electron chi connectivity index (χ2n) is 4.60. The highest BCUT2D eigenvalue weighted by atomic mass is 79.9. The van der Waals surface area contributed by atoms with E-state index in [1.54, 1.807) is 6.07 Å². The summed E-state index contributed by atoms with van der Waals surface area (Å²) in [5.41, 5.74) is 1.45. The predicted molar refractivity (Wildman–Crippen MR) is 84.3 cm³/mol. The molecule has 0 aliphatic carbocycles. The molecule has 0 saturated heterocycles. The molecule has 0 unspecified atom stereocenters. The van der Waals surface area contributed by atoms with Crippen molar-refractivity contribution in [2.75, 3.05) is 4.72 Å². The first-order valence-electron chi connectivity index (χ1n) is 6.13. The average molecular weight is 384 g/mol. The zero-order chi connectivity index (χ0) is 15.9. The molecule has 2 heterocycles. The third kappa shape index (κ3) is 2.77. The van der Waals surface area contributed by atoms with Crippen LogP contribution in [-0.2, 0) is 10.0 Å². The summed E-state index contributed by atoms with van der Waals surface area (Å²) in [5.74, 6) is -0.431. The van der Waals surface area contributed by atoms with Crippen molar-refractivity contribution >= 4 is 42.9 Å². The number of nitrogens with one attached hydrogen (secondary N) is 2. The zero-order valence-corrected chi connectivity index (χ0v) is 13.7. The molecule has 7 nitrogen and oxygen atoms in total. The lowest BCUT2D eigenvalue weighted by Gasteiger charge is -2.08. The molecule has 114 valence electrons. The number of fused-ring (bicyclic) bond motifs is 1. The third-order valence-electron chi connectivity index (χ3n) is 2.99. The molecule has 0 aliphatic rings. The van der Waals surface area contributed by atoms with E-state index in [1.807, 2.05) is 6.92 Å². The van der Waals surface area contributed by atoms with Crippen LogP contribution in [0.2, 0.25) is 0 Å². The number of halogens is 1. The van der Waals surface area contributed by atoms with E-state index in [4.69, 9.17) is 4.42 Å². The van der Waals surface area contributed by atoms with Crippen LogP contribution in [-0.4, -0.2) is 18.4 Å². The minimum Gasteiger partial charge on any atom is -0.408 e. The molecule has 0 aliphatic heterocycles. The van der Waals surface area contributed by atoms with Gasteiger partial charge < -0.3 is 4.42 Å². The predicted octanol–water partition coefficient (Wildman–Crippen LogP) is 2.39. The number of H-pyrrole nitrogens is 1. The van der Waals surface area contributed by atoms with Crippen LogP contribution in [0.15, 0.2) is 49.0 Å². The van der Waals surface area contributed by atoms with Crippen molar-refractivity contribution in [1.29, 1.82) is 0 Å². The Balaban J connectivity index is 1.99. The smallest absolute Gasteiger partial charge is 0.408 e. The fourth-order valence-electron chi connectivity index (χ4n) is 1.88. The quantitative estimate of drug-likeness (QED) is 0.722. The summed E-state index contributed by atoms with van der Waals surface area (Å²) in [6.45, 7) is 1.82. The SMILES string of the molecule is Cc1cc(NS(=O)(=O)c2ccc3[nH]c(=O)oc3c2)ncc1Br. The highest BCUT2D eigenvalue weighted by Crippen LogP contribution is 2.21. The first-order valence-corrected chi connectivity index (χ1v) is 8.40.